The molecule has 0 aliphatic heterocycles. The molecule has 0 bridgehead atoms. The summed E-state index contributed by atoms with van der Waals surface area (Å²) in [5.74, 6) is -1.52. The van der Waals surface area contributed by atoms with Crippen molar-refractivity contribution in [3.63, 3.8) is 0 Å². The fourth-order valence-corrected chi connectivity index (χ4v) is 3.72. The number of carbonyl (C=O) groups is 1. The summed E-state index contributed by atoms with van der Waals surface area (Å²) in [7, 11) is -3.58. The summed E-state index contributed by atoms with van der Waals surface area (Å²) >= 11 is 6.64. The van der Waals surface area contributed by atoms with Gasteiger partial charge in [0.2, 0.25) is 5.01 Å². The Kier molecular flexibility index (Phi) is 3.88. The number of nitrogens with zero attached hydrogens (tertiary/aromatic N) is 1. The molecule has 100 valence electrons. The minimum atomic E-state index is -3.58. The number of rotatable bonds is 4. The quantitative estimate of drug-likeness (QED) is 0.936. The second-order valence-electron chi connectivity index (χ2n) is 3.67. The Morgan fingerprint density at radius 3 is 2.74 bits per heavy atom. The van der Waals surface area contributed by atoms with Crippen molar-refractivity contribution in [2.45, 2.75) is 10.6 Å². The van der Waals surface area contributed by atoms with E-state index in [1.165, 1.54) is 17.5 Å². The van der Waals surface area contributed by atoms with Gasteiger partial charge >= 0.3 is 5.97 Å². The maximum absolute atomic E-state index is 12.1. The Balaban J connectivity index is 2.28. The first kappa shape index (κ1) is 14.0. The molecule has 1 aromatic heterocycles. The molecule has 0 fully saturated rings. The molecule has 1 aromatic carbocycles. The zero-order chi connectivity index (χ0) is 14.0. The molecule has 0 aliphatic rings. The topological polar surface area (TPSA) is 84.3 Å². The van der Waals surface area contributed by atoms with Crippen molar-refractivity contribution in [3.8, 4) is 0 Å². The summed E-state index contributed by atoms with van der Waals surface area (Å²) in [6, 6.07) is 5.90. The van der Waals surface area contributed by atoms with Crippen LogP contribution in [0.25, 0.3) is 0 Å². The van der Waals surface area contributed by atoms with Crippen molar-refractivity contribution in [1.82, 2.24) is 4.98 Å². The molecule has 0 atom stereocenters. The van der Waals surface area contributed by atoms with E-state index < -0.39 is 15.8 Å². The predicted octanol–water partition coefficient (Wildman–Crippen LogP) is 2.47. The second kappa shape index (κ2) is 5.28. The van der Waals surface area contributed by atoms with E-state index in [-0.39, 0.29) is 21.3 Å². The van der Waals surface area contributed by atoms with Crippen molar-refractivity contribution in [2.24, 2.45) is 0 Å². The van der Waals surface area contributed by atoms with Crippen LogP contribution < -0.4 is 0 Å². The van der Waals surface area contributed by atoms with Crippen LogP contribution in [0.1, 0.15) is 15.5 Å². The van der Waals surface area contributed by atoms with Crippen LogP contribution in [0.4, 0.5) is 0 Å². The van der Waals surface area contributed by atoms with Gasteiger partial charge < -0.3 is 5.11 Å². The highest BCUT2D eigenvalue weighted by Gasteiger charge is 2.19. The smallest absolute Gasteiger partial charge is 0.365 e. The van der Waals surface area contributed by atoms with Gasteiger partial charge in [-0.05, 0) is 18.2 Å². The number of aromatic carboxylic acids is 1. The first-order chi connectivity index (χ1) is 8.88. The highest BCUT2D eigenvalue weighted by atomic mass is 35.5. The van der Waals surface area contributed by atoms with E-state index in [1.54, 1.807) is 12.1 Å². The molecule has 19 heavy (non-hydrogen) atoms. The zero-order valence-corrected chi connectivity index (χ0v) is 11.8. The zero-order valence-electron chi connectivity index (χ0n) is 9.41. The molecule has 2 rings (SSSR count). The van der Waals surface area contributed by atoms with Gasteiger partial charge in [0, 0.05) is 10.4 Å². The molecule has 0 unspecified atom stereocenters. The van der Waals surface area contributed by atoms with Crippen LogP contribution >= 0.6 is 22.9 Å². The predicted molar refractivity (Wildman–Crippen MR) is 71.4 cm³/mol. The molecule has 8 heteroatoms. The SMILES string of the molecule is O=C(O)c1nc(CS(=O)(=O)c2cccc(Cl)c2)cs1. The summed E-state index contributed by atoms with van der Waals surface area (Å²) in [5, 5.41) is 10.3. The number of hydrogen-bond donors (Lipinski definition) is 1. The van der Waals surface area contributed by atoms with Gasteiger partial charge in [0.05, 0.1) is 16.3 Å². The third-order valence-electron chi connectivity index (χ3n) is 2.23. The maximum Gasteiger partial charge on any atom is 0.365 e. The highest BCUT2D eigenvalue weighted by Crippen LogP contribution is 2.21. The molecule has 0 saturated heterocycles. The summed E-state index contributed by atoms with van der Waals surface area (Å²) in [5.41, 5.74) is 0.211. The molecule has 2 aromatic rings. The standard InChI is InChI=1S/C11H8ClNO4S2/c12-7-2-1-3-9(4-7)19(16,17)6-8-5-18-10(13-8)11(14)15/h1-5H,6H2,(H,14,15). The van der Waals surface area contributed by atoms with Crippen molar-refractivity contribution in [3.05, 3.63) is 45.4 Å². The molecule has 0 spiro atoms. The van der Waals surface area contributed by atoms with E-state index in [0.29, 0.717) is 5.02 Å². The maximum atomic E-state index is 12.1. The average molecular weight is 318 g/mol. The van der Waals surface area contributed by atoms with E-state index in [9.17, 15) is 13.2 Å². The number of benzene rings is 1. The fraction of sp³-hybridized carbons (Fsp3) is 0.0909. The highest BCUT2D eigenvalue weighted by molar-refractivity contribution is 7.90. The Bertz CT molecular complexity index is 724. The monoisotopic (exact) mass is 317 g/mol. The van der Waals surface area contributed by atoms with Crippen molar-refractivity contribution < 1.29 is 18.3 Å². The number of thiazole rings is 1. The molecule has 0 amide bonds. The van der Waals surface area contributed by atoms with E-state index >= 15 is 0 Å². The largest absolute Gasteiger partial charge is 0.476 e. The van der Waals surface area contributed by atoms with Crippen LogP contribution in [0.3, 0.4) is 0 Å². The summed E-state index contributed by atoms with van der Waals surface area (Å²) in [6.45, 7) is 0. The van der Waals surface area contributed by atoms with Crippen molar-refractivity contribution >= 4 is 38.7 Å². The van der Waals surface area contributed by atoms with Gasteiger partial charge in [0.15, 0.2) is 9.84 Å². The number of aromatic nitrogens is 1. The second-order valence-corrected chi connectivity index (χ2v) is 6.95. The van der Waals surface area contributed by atoms with Gasteiger partial charge in [-0.25, -0.2) is 18.2 Å². The molecule has 0 radical (unpaired) electrons. The lowest BCUT2D eigenvalue weighted by Gasteiger charge is -2.02. The van der Waals surface area contributed by atoms with Gasteiger partial charge in [0.1, 0.15) is 0 Å². The summed E-state index contributed by atoms with van der Waals surface area (Å²) in [4.78, 5) is 14.5. The Labute approximate surface area is 118 Å². The molecule has 0 aliphatic carbocycles. The van der Waals surface area contributed by atoms with Crippen LogP contribution in [0.2, 0.25) is 5.02 Å². The van der Waals surface area contributed by atoms with Crippen LogP contribution in [0.5, 0.6) is 0 Å². The number of carboxylic acid groups (broad SMARTS) is 1. The van der Waals surface area contributed by atoms with Crippen molar-refractivity contribution in [2.75, 3.05) is 0 Å². The Morgan fingerprint density at radius 2 is 2.16 bits per heavy atom. The Morgan fingerprint density at radius 1 is 1.42 bits per heavy atom. The number of sulfone groups is 1. The average Bonchev–Trinajstić information content (AvgIpc) is 2.77. The third-order valence-corrected chi connectivity index (χ3v) is 4.99. The lowest BCUT2D eigenvalue weighted by atomic mass is 10.4. The van der Waals surface area contributed by atoms with Crippen molar-refractivity contribution in [1.29, 1.82) is 0 Å². The van der Waals surface area contributed by atoms with Crippen LogP contribution in [0.15, 0.2) is 34.5 Å². The molecule has 5 nitrogen and oxygen atoms in total. The summed E-state index contributed by atoms with van der Waals surface area (Å²) in [6.07, 6.45) is 0. The molecular weight excluding hydrogens is 310 g/mol. The van der Waals surface area contributed by atoms with Gasteiger partial charge in [-0.1, -0.05) is 17.7 Å². The number of halogens is 1. The first-order valence-electron chi connectivity index (χ1n) is 5.04. The lowest BCUT2D eigenvalue weighted by Crippen LogP contribution is -2.06. The molecular formula is C11H8ClNO4S2. The normalized spacial score (nSPS) is 11.4. The van der Waals surface area contributed by atoms with Gasteiger partial charge in [-0.3, -0.25) is 0 Å². The van der Waals surface area contributed by atoms with Gasteiger partial charge in [0.25, 0.3) is 0 Å². The van der Waals surface area contributed by atoms with Gasteiger partial charge in [-0.2, -0.15) is 0 Å². The number of carboxylic acids is 1. The third kappa shape index (κ3) is 3.31. The lowest BCUT2D eigenvalue weighted by molar-refractivity contribution is 0.0696. The fourth-order valence-electron chi connectivity index (χ4n) is 1.41. The molecule has 1 N–H and O–H groups in total. The molecule has 1 heterocycles. The Hall–Kier alpha value is -1.44. The first-order valence-corrected chi connectivity index (χ1v) is 7.95. The minimum Gasteiger partial charge on any atom is -0.476 e. The van der Waals surface area contributed by atoms with E-state index in [1.807, 2.05) is 0 Å². The summed E-state index contributed by atoms with van der Waals surface area (Å²) < 4.78 is 24.2. The molecule has 0 saturated carbocycles. The minimum absolute atomic E-state index is 0.0878. The van der Waals surface area contributed by atoms with E-state index in [4.69, 9.17) is 16.7 Å². The van der Waals surface area contributed by atoms with E-state index in [0.717, 1.165) is 11.3 Å². The van der Waals surface area contributed by atoms with Gasteiger partial charge in [-0.15, -0.1) is 11.3 Å². The van der Waals surface area contributed by atoms with Crippen LogP contribution in [-0.4, -0.2) is 24.5 Å². The van der Waals surface area contributed by atoms with E-state index in [2.05, 4.69) is 4.98 Å². The number of hydrogen-bond acceptors (Lipinski definition) is 5. The van der Waals surface area contributed by atoms with Crippen LogP contribution in [0, 0.1) is 0 Å². The van der Waals surface area contributed by atoms with Crippen LogP contribution in [-0.2, 0) is 15.6 Å².